The van der Waals surface area contributed by atoms with E-state index in [1.54, 1.807) is 6.92 Å². The first-order valence-electron chi connectivity index (χ1n) is 6.19. The molecule has 0 aromatic heterocycles. The van der Waals surface area contributed by atoms with Crippen LogP contribution in [-0.2, 0) is 14.3 Å². The van der Waals surface area contributed by atoms with Gasteiger partial charge < -0.3 is 10.1 Å². The minimum atomic E-state index is -0.772. The maximum atomic E-state index is 11.2. The van der Waals surface area contributed by atoms with Crippen molar-refractivity contribution >= 4 is 11.9 Å². The van der Waals surface area contributed by atoms with Crippen molar-refractivity contribution in [1.29, 1.82) is 0 Å². The third-order valence-electron chi connectivity index (χ3n) is 3.02. The molecule has 0 radical (unpaired) electrons. The van der Waals surface area contributed by atoms with Crippen LogP contribution in [0.2, 0.25) is 0 Å². The molecule has 4 nitrogen and oxygen atoms in total. The van der Waals surface area contributed by atoms with Gasteiger partial charge in [-0.15, -0.1) is 0 Å². The molecule has 0 aromatic carbocycles. The Hall–Kier alpha value is -1.06. The summed E-state index contributed by atoms with van der Waals surface area (Å²) in [6.45, 7) is 2.52. The van der Waals surface area contributed by atoms with E-state index in [0.717, 1.165) is 12.3 Å². The molecular weight excluding hydrogens is 206 g/mol. The number of carbonyl (C=O) groups excluding carboxylic acids is 2. The van der Waals surface area contributed by atoms with Gasteiger partial charge in [-0.05, 0) is 19.3 Å². The smallest absolute Gasteiger partial charge is 0.396 e. The zero-order valence-corrected chi connectivity index (χ0v) is 9.96. The Labute approximate surface area is 96.7 Å². The Kier molecular flexibility index (Phi) is 5.90. The molecule has 92 valence electrons. The van der Waals surface area contributed by atoms with Gasteiger partial charge in [0.15, 0.2) is 0 Å². The average Bonchev–Trinajstić information content (AvgIpc) is 2.30. The normalized spacial score (nSPS) is 16.8. The maximum absolute atomic E-state index is 11.2. The fourth-order valence-electron chi connectivity index (χ4n) is 2.13. The highest BCUT2D eigenvalue weighted by Crippen LogP contribution is 2.25. The summed E-state index contributed by atoms with van der Waals surface area (Å²) in [4.78, 5) is 22.2. The fraction of sp³-hybridized carbons (Fsp3) is 0.833. The molecule has 0 aliphatic heterocycles. The van der Waals surface area contributed by atoms with Gasteiger partial charge in [0.25, 0.3) is 0 Å². The molecule has 1 saturated carbocycles. The van der Waals surface area contributed by atoms with Crippen molar-refractivity contribution in [3.05, 3.63) is 0 Å². The van der Waals surface area contributed by atoms with E-state index in [1.165, 1.54) is 32.1 Å². The van der Waals surface area contributed by atoms with Crippen LogP contribution in [0.4, 0.5) is 0 Å². The third kappa shape index (κ3) is 4.64. The van der Waals surface area contributed by atoms with E-state index in [4.69, 9.17) is 0 Å². The van der Waals surface area contributed by atoms with Crippen molar-refractivity contribution in [2.45, 2.75) is 45.4 Å². The number of amides is 1. The van der Waals surface area contributed by atoms with Crippen molar-refractivity contribution in [3.63, 3.8) is 0 Å². The van der Waals surface area contributed by atoms with Crippen LogP contribution in [0.3, 0.4) is 0 Å². The first kappa shape index (κ1) is 13.0. The molecule has 1 aliphatic carbocycles. The molecule has 0 spiro atoms. The molecule has 0 heterocycles. The summed E-state index contributed by atoms with van der Waals surface area (Å²) in [7, 11) is 0. The third-order valence-corrected chi connectivity index (χ3v) is 3.02. The quantitative estimate of drug-likeness (QED) is 0.586. The van der Waals surface area contributed by atoms with Crippen molar-refractivity contribution < 1.29 is 14.3 Å². The molecule has 1 fully saturated rings. The van der Waals surface area contributed by atoms with Crippen molar-refractivity contribution in [2.75, 3.05) is 13.2 Å². The Morgan fingerprint density at radius 3 is 2.56 bits per heavy atom. The van der Waals surface area contributed by atoms with E-state index in [9.17, 15) is 9.59 Å². The summed E-state index contributed by atoms with van der Waals surface area (Å²) in [5.74, 6) is -0.667. The van der Waals surface area contributed by atoms with Crippen molar-refractivity contribution in [1.82, 2.24) is 5.32 Å². The van der Waals surface area contributed by atoms with Crippen LogP contribution in [0, 0.1) is 5.92 Å². The molecule has 0 atom stereocenters. The van der Waals surface area contributed by atoms with Gasteiger partial charge in [0.1, 0.15) is 0 Å². The minimum Gasteiger partial charge on any atom is -0.459 e. The van der Waals surface area contributed by atoms with Crippen molar-refractivity contribution in [2.24, 2.45) is 5.92 Å². The standard InChI is InChI=1S/C12H21NO3/c1-2-16-12(15)11(14)13-9-8-10-6-4-3-5-7-10/h10H,2-9H2,1H3,(H,13,14). The van der Waals surface area contributed by atoms with Crippen molar-refractivity contribution in [3.8, 4) is 0 Å². The summed E-state index contributed by atoms with van der Waals surface area (Å²) in [6.07, 6.45) is 7.44. The number of ether oxygens (including phenoxy) is 1. The average molecular weight is 227 g/mol. The zero-order valence-electron chi connectivity index (χ0n) is 9.96. The van der Waals surface area contributed by atoms with Crippen LogP contribution < -0.4 is 5.32 Å². The number of hydrogen-bond donors (Lipinski definition) is 1. The van der Waals surface area contributed by atoms with E-state index >= 15 is 0 Å². The highest BCUT2D eigenvalue weighted by Gasteiger charge is 2.16. The molecule has 0 saturated heterocycles. The number of esters is 1. The largest absolute Gasteiger partial charge is 0.459 e. The highest BCUT2D eigenvalue weighted by atomic mass is 16.5. The van der Waals surface area contributed by atoms with Crippen LogP contribution in [0.25, 0.3) is 0 Å². The summed E-state index contributed by atoms with van der Waals surface area (Å²) < 4.78 is 4.60. The first-order valence-corrected chi connectivity index (χ1v) is 6.19. The lowest BCUT2D eigenvalue weighted by molar-refractivity contribution is -0.154. The van der Waals surface area contributed by atoms with Gasteiger partial charge in [-0.2, -0.15) is 0 Å². The van der Waals surface area contributed by atoms with Gasteiger partial charge >= 0.3 is 11.9 Å². The number of hydrogen-bond acceptors (Lipinski definition) is 3. The van der Waals surface area contributed by atoms with Crippen LogP contribution in [0.5, 0.6) is 0 Å². The number of rotatable bonds is 4. The molecule has 0 unspecified atom stereocenters. The maximum Gasteiger partial charge on any atom is 0.396 e. The SMILES string of the molecule is CCOC(=O)C(=O)NCCC1CCCCC1. The fourth-order valence-corrected chi connectivity index (χ4v) is 2.13. The van der Waals surface area contributed by atoms with E-state index in [1.807, 2.05) is 0 Å². The Morgan fingerprint density at radius 1 is 1.25 bits per heavy atom. The topological polar surface area (TPSA) is 55.4 Å². The molecule has 4 heteroatoms. The molecule has 1 aliphatic rings. The lowest BCUT2D eigenvalue weighted by atomic mass is 9.87. The molecule has 1 N–H and O–H groups in total. The lowest BCUT2D eigenvalue weighted by Crippen LogP contribution is -2.34. The molecule has 16 heavy (non-hydrogen) atoms. The second-order valence-electron chi connectivity index (χ2n) is 4.27. The Balaban J connectivity index is 2.09. The second kappa shape index (κ2) is 7.25. The van der Waals surface area contributed by atoms with Gasteiger partial charge in [0.05, 0.1) is 6.61 Å². The summed E-state index contributed by atoms with van der Waals surface area (Å²) in [6, 6.07) is 0. The van der Waals surface area contributed by atoms with E-state index in [2.05, 4.69) is 10.1 Å². The first-order chi connectivity index (χ1) is 7.74. The highest BCUT2D eigenvalue weighted by molar-refractivity contribution is 6.32. The zero-order chi connectivity index (χ0) is 11.8. The van der Waals surface area contributed by atoms with Crippen LogP contribution in [0.1, 0.15) is 45.4 Å². The van der Waals surface area contributed by atoms with Crippen LogP contribution >= 0.6 is 0 Å². The van der Waals surface area contributed by atoms with Gasteiger partial charge in [-0.1, -0.05) is 32.1 Å². The second-order valence-corrected chi connectivity index (χ2v) is 4.27. The summed E-state index contributed by atoms with van der Waals surface area (Å²) in [5.41, 5.74) is 0. The predicted octanol–water partition coefficient (Wildman–Crippen LogP) is 1.64. The Bertz CT molecular complexity index is 234. The molecule has 1 rings (SSSR count). The van der Waals surface area contributed by atoms with Crippen LogP contribution in [0.15, 0.2) is 0 Å². The Morgan fingerprint density at radius 2 is 1.94 bits per heavy atom. The number of carbonyl (C=O) groups is 2. The van der Waals surface area contributed by atoms with Gasteiger partial charge in [-0.25, -0.2) is 4.79 Å². The van der Waals surface area contributed by atoms with Gasteiger partial charge in [-0.3, -0.25) is 4.79 Å². The number of nitrogens with one attached hydrogen (secondary N) is 1. The van der Waals surface area contributed by atoms with E-state index in [-0.39, 0.29) is 6.61 Å². The summed E-state index contributed by atoms with van der Waals surface area (Å²) in [5, 5.41) is 2.60. The van der Waals surface area contributed by atoms with Gasteiger partial charge in [0, 0.05) is 6.54 Å². The monoisotopic (exact) mass is 227 g/mol. The lowest BCUT2D eigenvalue weighted by Gasteiger charge is -2.21. The van der Waals surface area contributed by atoms with Crippen LogP contribution in [-0.4, -0.2) is 25.0 Å². The van der Waals surface area contributed by atoms with Gasteiger partial charge in [0.2, 0.25) is 0 Å². The minimum absolute atomic E-state index is 0.245. The molecular formula is C12H21NO3. The van der Waals surface area contributed by atoms with E-state index < -0.39 is 11.9 Å². The van der Waals surface area contributed by atoms with E-state index in [0.29, 0.717) is 6.54 Å². The predicted molar refractivity (Wildman–Crippen MR) is 60.8 cm³/mol. The molecule has 1 amide bonds. The molecule has 0 aromatic rings. The molecule has 0 bridgehead atoms. The summed E-state index contributed by atoms with van der Waals surface area (Å²) >= 11 is 0.